The van der Waals surface area contributed by atoms with E-state index in [-0.39, 0.29) is 0 Å². The van der Waals surface area contributed by atoms with E-state index in [1.165, 1.54) is 89.9 Å². The Balaban J connectivity index is 3.26. The van der Waals surface area contributed by atoms with Crippen LogP contribution in [-0.4, -0.2) is 14.9 Å². The third kappa shape index (κ3) is 15.0. The fourth-order valence-corrected chi connectivity index (χ4v) is 3.97. The molecule has 0 aliphatic carbocycles. The van der Waals surface area contributed by atoms with Gasteiger partial charge in [0.15, 0.2) is 8.32 Å². The molecular formula is C24H50OSi. The smallest absolute Gasteiger partial charge is 0.191 e. The standard InChI is InChI=1S/C24H50OSi/c1-7-8-9-10-11-12-13-14-15-16-17-18-19-20-21-22-23-25-26(5,6)24(2,3)4/h10-11H,7-9,12-23H2,1-6H3/b11-10-. The summed E-state index contributed by atoms with van der Waals surface area (Å²) in [5.74, 6) is 0. The first-order valence-corrected chi connectivity index (χ1v) is 14.5. The molecule has 0 atom stereocenters. The minimum atomic E-state index is -1.52. The zero-order valence-electron chi connectivity index (χ0n) is 19.2. The van der Waals surface area contributed by atoms with Crippen LogP contribution in [0.4, 0.5) is 0 Å². The number of allylic oxidation sites excluding steroid dienone is 2. The van der Waals surface area contributed by atoms with E-state index in [0.29, 0.717) is 5.04 Å². The van der Waals surface area contributed by atoms with E-state index in [9.17, 15) is 0 Å². The van der Waals surface area contributed by atoms with E-state index in [1.807, 2.05) is 0 Å². The quantitative estimate of drug-likeness (QED) is 0.138. The molecule has 0 N–H and O–H groups in total. The molecule has 0 saturated heterocycles. The van der Waals surface area contributed by atoms with Gasteiger partial charge in [-0.05, 0) is 43.8 Å². The summed E-state index contributed by atoms with van der Waals surface area (Å²) in [6.45, 7) is 14.9. The van der Waals surface area contributed by atoms with Crippen LogP contribution in [0.5, 0.6) is 0 Å². The lowest BCUT2D eigenvalue weighted by molar-refractivity contribution is 0.277. The van der Waals surface area contributed by atoms with Gasteiger partial charge in [0, 0.05) is 6.61 Å². The molecule has 156 valence electrons. The molecule has 2 heteroatoms. The molecule has 0 heterocycles. The summed E-state index contributed by atoms with van der Waals surface area (Å²) in [6, 6.07) is 0. The van der Waals surface area contributed by atoms with Crippen molar-refractivity contribution in [3.05, 3.63) is 12.2 Å². The topological polar surface area (TPSA) is 9.23 Å². The summed E-state index contributed by atoms with van der Waals surface area (Å²) < 4.78 is 6.25. The predicted octanol–water partition coefficient (Wildman–Crippen LogP) is 9.05. The van der Waals surface area contributed by atoms with Gasteiger partial charge in [0.2, 0.25) is 0 Å². The second-order valence-electron chi connectivity index (χ2n) is 9.55. The number of rotatable bonds is 17. The second-order valence-corrected chi connectivity index (χ2v) is 14.4. The summed E-state index contributed by atoms with van der Waals surface area (Å²) >= 11 is 0. The van der Waals surface area contributed by atoms with Gasteiger partial charge in [-0.2, -0.15) is 0 Å². The van der Waals surface area contributed by atoms with Gasteiger partial charge in [0.1, 0.15) is 0 Å². The first kappa shape index (κ1) is 25.9. The van der Waals surface area contributed by atoms with Crippen molar-refractivity contribution in [2.75, 3.05) is 6.61 Å². The van der Waals surface area contributed by atoms with Crippen molar-refractivity contribution in [2.45, 2.75) is 136 Å². The molecular weight excluding hydrogens is 332 g/mol. The Hall–Kier alpha value is -0.0831. The average molecular weight is 383 g/mol. The second kappa shape index (κ2) is 15.9. The lowest BCUT2D eigenvalue weighted by Crippen LogP contribution is -2.40. The van der Waals surface area contributed by atoms with Gasteiger partial charge in [0.25, 0.3) is 0 Å². The molecule has 0 rings (SSSR count). The molecule has 0 aromatic rings. The van der Waals surface area contributed by atoms with Gasteiger partial charge in [-0.3, -0.25) is 0 Å². The Morgan fingerprint density at radius 2 is 1.08 bits per heavy atom. The third-order valence-corrected chi connectivity index (χ3v) is 10.5. The Kier molecular flexibility index (Phi) is 15.9. The van der Waals surface area contributed by atoms with Crippen LogP contribution in [0.3, 0.4) is 0 Å². The molecule has 1 nitrogen and oxygen atoms in total. The van der Waals surface area contributed by atoms with Gasteiger partial charge >= 0.3 is 0 Å². The SMILES string of the molecule is CCCC/C=C\CCCCCCCCCCCCO[Si](C)(C)C(C)(C)C. The zero-order valence-corrected chi connectivity index (χ0v) is 20.2. The zero-order chi connectivity index (χ0) is 19.7. The Labute approximate surface area is 167 Å². The first-order valence-electron chi connectivity index (χ1n) is 11.6. The fraction of sp³-hybridized carbons (Fsp3) is 0.917. The minimum Gasteiger partial charge on any atom is -0.417 e. The van der Waals surface area contributed by atoms with E-state index >= 15 is 0 Å². The van der Waals surface area contributed by atoms with Crippen molar-refractivity contribution in [3.8, 4) is 0 Å². The molecule has 0 aromatic carbocycles. The lowest BCUT2D eigenvalue weighted by atomic mass is 10.1. The highest BCUT2D eigenvalue weighted by atomic mass is 28.4. The molecule has 0 radical (unpaired) electrons. The maximum Gasteiger partial charge on any atom is 0.191 e. The maximum absolute atomic E-state index is 6.25. The number of unbranched alkanes of at least 4 members (excludes halogenated alkanes) is 12. The molecule has 0 fully saturated rings. The summed E-state index contributed by atoms with van der Waals surface area (Å²) in [5, 5.41) is 0.346. The lowest BCUT2D eigenvalue weighted by Gasteiger charge is -2.36. The minimum absolute atomic E-state index is 0.346. The molecule has 0 spiro atoms. The molecule has 0 bridgehead atoms. The average Bonchev–Trinajstić information content (AvgIpc) is 2.56. The summed E-state index contributed by atoms with van der Waals surface area (Å²) in [4.78, 5) is 0. The number of hydrogen-bond donors (Lipinski definition) is 0. The van der Waals surface area contributed by atoms with Crippen LogP contribution < -0.4 is 0 Å². The molecule has 0 aromatic heterocycles. The Bertz CT molecular complexity index is 328. The van der Waals surface area contributed by atoms with Crippen LogP contribution in [0.15, 0.2) is 12.2 Å². The largest absolute Gasteiger partial charge is 0.417 e. The Morgan fingerprint density at radius 3 is 1.54 bits per heavy atom. The highest BCUT2D eigenvalue weighted by Gasteiger charge is 2.36. The van der Waals surface area contributed by atoms with Crippen molar-refractivity contribution < 1.29 is 4.43 Å². The monoisotopic (exact) mass is 382 g/mol. The first-order chi connectivity index (χ1) is 12.3. The van der Waals surface area contributed by atoms with Crippen LogP contribution in [0.25, 0.3) is 0 Å². The van der Waals surface area contributed by atoms with Gasteiger partial charge in [0.05, 0.1) is 0 Å². The van der Waals surface area contributed by atoms with Crippen molar-refractivity contribution in [1.29, 1.82) is 0 Å². The molecule has 0 unspecified atom stereocenters. The van der Waals surface area contributed by atoms with Gasteiger partial charge in [-0.1, -0.05) is 104 Å². The molecule has 26 heavy (non-hydrogen) atoms. The molecule has 0 aliphatic rings. The molecule has 0 saturated carbocycles. The van der Waals surface area contributed by atoms with Crippen molar-refractivity contribution >= 4 is 8.32 Å². The van der Waals surface area contributed by atoms with E-state index in [0.717, 1.165) is 6.61 Å². The van der Waals surface area contributed by atoms with E-state index < -0.39 is 8.32 Å². The molecule has 0 aliphatic heterocycles. The maximum atomic E-state index is 6.25. The highest BCUT2D eigenvalue weighted by molar-refractivity contribution is 6.74. The summed E-state index contributed by atoms with van der Waals surface area (Å²) in [5.41, 5.74) is 0. The van der Waals surface area contributed by atoms with Crippen LogP contribution in [0, 0.1) is 0 Å². The molecule has 0 amide bonds. The predicted molar refractivity (Wildman–Crippen MR) is 123 cm³/mol. The van der Waals surface area contributed by atoms with E-state index in [1.54, 1.807) is 0 Å². The van der Waals surface area contributed by atoms with Crippen LogP contribution in [0.2, 0.25) is 18.1 Å². The van der Waals surface area contributed by atoms with Gasteiger partial charge in [-0.25, -0.2) is 0 Å². The van der Waals surface area contributed by atoms with E-state index in [2.05, 4.69) is 52.9 Å². The van der Waals surface area contributed by atoms with Crippen LogP contribution >= 0.6 is 0 Å². The summed E-state index contributed by atoms with van der Waals surface area (Å²) in [6.07, 6.45) is 23.9. The van der Waals surface area contributed by atoms with Gasteiger partial charge in [-0.15, -0.1) is 0 Å². The van der Waals surface area contributed by atoms with Crippen molar-refractivity contribution in [3.63, 3.8) is 0 Å². The Morgan fingerprint density at radius 1 is 0.654 bits per heavy atom. The fourth-order valence-electron chi connectivity index (χ4n) is 2.88. The normalized spacial score (nSPS) is 13.0. The van der Waals surface area contributed by atoms with Gasteiger partial charge < -0.3 is 4.43 Å². The van der Waals surface area contributed by atoms with Crippen molar-refractivity contribution in [2.24, 2.45) is 0 Å². The number of hydrogen-bond acceptors (Lipinski definition) is 1. The third-order valence-electron chi connectivity index (χ3n) is 5.93. The van der Waals surface area contributed by atoms with Crippen LogP contribution in [0.1, 0.15) is 118 Å². The van der Waals surface area contributed by atoms with Crippen molar-refractivity contribution in [1.82, 2.24) is 0 Å². The van der Waals surface area contributed by atoms with Crippen LogP contribution in [-0.2, 0) is 4.43 Å². The van der Waals surface area contributed by atoms with E-state index in [4.69, 9.17) is 4.43 Å². The highest BCUT2D eigenvalue weighted by Crippen LogP contribution is 2.36. The summed E-state index contributed by atoms with van der Waals surface area (Å²) in [7, 11) is -1.52.